The Morgan fingerprint density at radius 2 is 1.95 bits per heavy atom. The number of halogens is 1. The van der Waals surface area contributed by atoms with Crippen LogP contribution in [0.25, 0.3) is 0 Å². The molecule has 3 amide bonds. The first-order valence-electron chi connectivity index (χ1n) is 5.67. The molecule has 4 N–H and O–H groups in total. The number of nitrogens with one attached hydrogen (secondary N) is 3. The summed E-state index contributed by atoms with van der Waals surface area (Å²) in [6, 6.07) is 2.92. The Labute approximate surface area is 123 Å². The number of benzene rings is 1. The highest BCUT2D eigenvalue weighted by atomic mass is 79.9. The van der Waals surface area contributed by atoms with Crippen molar-refractivity contribution in [1.29, 1.82) is 0 Å². The first-order valence-corrected chi connectivity index (χ1v) is 6.46. The molecule has 0 heterocycles. The van der Waals surface area contributed by atoms with Crippen molar-refractivity contribution < 1.29 is 19.5 Å². The van der Waals surface area contributed by atoms with Crippen LogP contribution < -0.4 is 16.0 Å². The van der Waals surface area contributed by atoms with Gasteiger partial charge in [-0.1, -0.05) is 0 Å². The molecule has 0 aromatic heterocycles. The second-order valence-electron chi connectivity index (χ2n) is 3.93. The minimum absolute atomic E-state index is 0.0443. The first kappa shape index (κ1) is 16.0. The van der Waals surface area contributed by atoms with Crippen molar-refractivity contribution in [2.24, 2.45) is 0 Å². The third-order valence-corrected chi connectivity index (χ3v) is 3.14. The van der Waals surface area contributed by atoms with Crippen molar-refractivity contribution in [3.05, 3.63) is 28.2 Å². The molecule has 20 heavy (non-hydrogen) atoms. The third-order valence-electron chi connectivity index (χ3n) is 2.45. The largest absolute Gasteiger partial charge is 0.478 e. The van der Waals surface area contributed by atoms with E-state index in [4.69, 9.17) is 5.11 Å². The van der Waals surface area contributed by atoms with Gasteiger partial charge in [0.1, 0.15) is 6.04 Å². The number of hydrogen-bond acceptors (Lipinski definition) is 3. The number of carbonyl (C=O) groups excluding carboxylic acids is 2. The van der Waals surface area contributed by atoms with E-state index in [9.17, 15) is 14.4 Å². The van der Waals surface area contributed by atoms with Crippen LogP contribution in [0.4, 0.5) is 10.5 Å². The molecule has 0 aliphatic rings. The maximum absolute atomic E-state index is 11.7. The lowest BCUT2D eigenvalue weighted by atomic mass is 10.2. The fraction of sp³-hybridized carbons (Fsp3) is 0.250. The molecule has 1 unspecified atom stereocenters. The zero-order valence-electron chi connectivity index (χ0n) is 10.9. The lowest BCUT2D eigenvalue weighted by Gasteiger charge is -2.14. The first-order chi connectivity index (χ1) is 9.35. The highest BCUT2D eigenvalue weighted by molar-refractivity contribution is 9.10. The maximum atomic E-state index is 11.7. The number of hydrogen-bond donors (Lipinski definition) is 4. The van der Waals surface area contributed by atoms with Gasteiger partial charge in [-0.3, -0.25) is 4.79 Å². The second kappa shape index (κ2) is 6.90. The summed E-state index contributed by atoms with van der Waals surface area (Å²) in [7, 11) is 1.46. The van der Waals surface area contributed by atoms with E-state index >= 15 is 0 Å². The van der Waals surface area contributed by atoms with E-state index < -0.39 is 18.0 Å². The molecule has 0 aliphatic carbocycles. The number of urea groups is 1. The number of anilines is 1. The fourth-order valence-corrected chi connectivity index (χ4v) is 1.74. The van der Waals surface area contributed by atoms with E-state index in [1.165, 1.54) is 32.2 Å². The topological polar surface area (TPSA) is 108 Å². The van der Waals surface area contributed by atoms with Gasteiger partial charge in [0.2, 0.25) is 5.91 Å². The van der Waals surface area contributed by atoms with Crippen molar-refractivity contribution >= 4 is 39.5 Å². The fourth-order valence-electron chi connectivity index (χ4n) is 1.39. The molecular formula is C12H14BrN3O4. The molecule has 1 atom stereocenters. The molecule has 0 aliphatic heterocycles. The highest BCUT2D eigenvalue weighted by Crippen LogP contribution is 2.23. The minimum Gasteiger partial charge on any atom is -0.478 e. The smallest absolute Gasteiger partial charge is 0.335 e. The van der Waals surface area contributed by atoms with E-state index in [0.717, 1.165) is 0 Å². The molecule has 7 nitrogen and oxygen atoms in total. The second-order valence-corrected chi connectivity index (χ2v) is 4.79. The number of carbonyl (C=O) groups is 3. The van der Waals surface area contributed by atoms with Gasteiger partial charge in [-0.2, -0.15) is 0 Å². The number of carboxylic acids is 1. The predicted octanol–water partition coefficient (Wildman–Crippen LogP) is 1.40. The number of amides is 3. The Bertz CT molecular complexity index is 548. The number of aromatic carboxylic acids is 1. The van der Waals surface area contributed by atoms with E-state index in [0.29, 0.717) is 10.2 Å². The lowest BCUT2D eigenvalue weighted by Crippen LogP contribution is -2.45. The summed E-state index contributed by atoms with van der Waals surface area (Å²) in [6.45, 7) is 1.53. The SMILES string of the molecule is CNC(=O)C(C)NC(=O)Nc1cc(C(=O)O)ccc1Br. The number of carboxylic acid groups (broad SMARTS) is 1. The van der Waals surface area contributed by atoms with Gasteiger partial charge in [-0.05, 0) is 41.1 Å². The Morgan fingerprint density at radius 1 is 1.30 bits per heavy atom. The normalized spacial score (nSPS) is 11.3. The number of rotatable bonds is 4. The van der Waals surface area contributed by atoms with Crippen LogP contribution in [0.1, 0.15) is 17.3 Å². The Balaban J connectivity index is 2.77. The van der Waals surface area contributed by atoms with Crippen LogP contribution in [0.15, 0.2) is 22.7 Å². The van der Waals surface area contributed by atoms with Gasteiger partial charge >= 0.3 is 12.0 Å². The van der Waals surface area contributed by atoms with E-state index in [2.05, 4.69) is 31.9 Å². The van der Waals surface area contributed by atoms with E-state index in [1.807, 2.05) is 0 Å². The Hall–Kier alpha value is -2.09. The van der Waals surface area contributed by atoms with Gasteiger partial charge in [0.25, 0.3) is 0 Å². The molecule has 1 aromatic rings. The summed E-state index contributed by atoms with van der Waals surface area (Å²) >= 11 is 3.20. The van der Waals surface area contributed by atoms with Gasteiger partial charge in [-0.15, -0.1) is 0 Å². The molecule has 0 spiro atoms. The average Bonchev–Trinajstić information content (AvgIpc) is 2.39. The van der Waals surface area contributed by atoms with Gasteiger partial charge in [0.05, 0.1) is 11.3 Å². The summed E-state index contributed by atoms with van der Waals surface area (Å²) in [5.41, 5.74) is 0.342. The van der Waals surface area contributed by atoms with E-state index in [-0.39, 0.29) is 11.5 Å². The van der Waals surface area contributed by atoms with E-state index in [1.54, 1.807) is 0 Å². The molecule has 0 saturated carbocycles. The summed E-state index contributed by atoms with van der Waals surface area (Å²) in [6.07, 6.45) is 0. The molecule has 108 valence electrons. The summed E-state index contributed by atoms with van der Waals surface area (Å²) < 4.78 is 0.533. The van der Waals surface area contributed by atoms with Crippen LogP contribution in [-0.2, 0) is 4.79 Å². The van der Waals surface area contributed by atoms with Crippen LogP contribution >= 0.6 is 15.9 Å². The summed E-state index contributed by atoms with van der Waals surface area (Å²) in [4.78, 5) is 33.8. The molecule has 8 heteroatoms. The van der Waals surface area contributed by atoms with Crippen molar-refractivity contribution in [3.63, 3.8) is 0 Å². The van der Waals surface area contributed by atoms with Crippen LogP contribution in [0.3, 0.4) is 0 Å². The summed E-state index contributed by atoms with van der Waals surface area (Å²) in [5.74, 6) is -1.43. The van der Waals surface area contributed by atoms with Crippen molar-refractivity contribution in [2.75, 3.05) is 12.4 Å². The van der Waals surface area contributed by atoms with Crippen molar-refractivity contribution in [2.45, 2.75) is 13.0 Å². The quantitative estimate of drug-likeness (QED) is 0.662. The molecular weight excluding hydrogens is 330 g/mol. The third kappa shape index (κ3) is 4.23. The van der Waals surface area contributed by atoms with Crippen molar-refractivity contribution in [3.8, 4) is 0 Å². The molecule has 0 fully saturated rings. The molecule has 0 bridgehead atoms. The average molecular weight is 344 g/mol. The van der Waals surface area contributed by atoms with Crippen LogP contribution in [0.5, 0.6) is 0 Å². The monoisotopic (exact) mass is 343 g/mol. The Kier molecular flexibility index (Phi) is 5.51. The van der Waals surface area contributed by atoms with Crippen LogP contribution in [-0.4, -0.2) is 36.1 Å². The van der Waals surface area contributed by atoms with Gasteiger partial charge in [-0.25, -0.2) is 9.59 Å². The van der Waals surface area contributed by atoms with Crippen LogP contribution in [0, 0.1) is 0 Å². The molecule has 0 radical (unpaired) electrons. The predicted molar refractivity (Wildman–Crippen MR) is 76.8 cm³/mol. The van der Waals surface area contributed by atoms with Gasteiger partial charge < -0.3 is 21.1 Å². The zero-order valence-corrected chi connectivity index (χ0v) is 12.4. The highest BCUT2D eigenvalue weighted by Gasteiger charge is 2.15. The Morgan fingerprint density at radius 3 is 2.50 bits per heavy atom. The van der Waals surface area contributed by atoms with Crippen molar-refractivity contribution in [1.82, 2.24) is 10.6 Å². The molecule has 1 aromatic carbocycles. The maximum Gasteiger partial charge on any atom is 0.335 e. The zero-order chi connectivity index (χ0) is 15.3. The number of likely N-dealkylation sites (N-methyl/N-ethyl adjacent to an activating group) is 1. The minimum atomic E-state index is -1.10. The van der Waals surface area contributed by atoms with Crippen LogP contribution in [0.2, 0.25) is 0 Å². The standard InChI is InChI=1S/C12H14BrN3O4/c1-6(10(17)14-2)15-12(20)16-9-5-7(11(18)19)3-4-8(9)13/h3-6H,1-2H3,(H,14,17)(H,18,19)(H2,15,16,20). The summed E-state index contributed by atoms with van der Waals surface area (Å²) in [5, 5.41) is 16.2. The molecule has 1 rings (SSSR count). The van der Waals surface area contributed by atoms with Gasteiger partial charge in [0, 0.05) is 11.5 Å². The lowest BCUT2D eigenvalue weighted by molar-refractivity contribution is -0.122. The van der Waals surface area contributed by atoms with Gasteiger partial charge in [0.15, 0.2) is 0 Å². The molecule has 0 saturated heterocycles.